The highest BCUT2D eigenvalue weighted by molar-refractivity contribution is 6.29. The van der Waals surface area contributed by atoms with Crippen molar-refractivity contribution in [3.63, 3.8) is 0 Å². The lowest BCUT2D eigenvalue weighted by atomic mass is 9.66. The quantitative estimate of drug-likeness (QED) is 0.540. The molecule has 5 rings (SSSR count). The summed E-state index contributed by atoms with van der Waals surface area (Å²) < 4.78 is 1.90. The van der Waals surface area contributed by atoms with Crippen molar-refractivity contribution in [3.05, 3.63) is 62.4 Å². The number of pyridine rings is 1. The molecule has 8 heteroatoms. The van der Waals surface area contributed by atoms with Gasteiger partial charge in [0.05, 0.1) is 22.6 Å². The summed E-state index contributed by atoms with van der Waals surface area (Å²) in [5.74, 6) is -0.253. The molecule has 2 atom stereocenters. The summed E-state index contributed by atoms with van der Waals surface area (Å²) in [4.78, 5) is 34.2. The van der Waals surface area contributed by atoms with Crippen molar-refractivity contribution in [2.75, 3.05) is 5.32 Å². The Labute approximate surface area is 190 Å². The van der Waals surface area contributed by atoms with E-state index in [4.69, 9.17) is 16.6 Å². The topological polar surface area (TPSA) is 97.1 Å². The summed E-state index contributed by atoms with van der Waals surface area (Å²) in [6.45, 7) is 5.99. The number of carbonyl (C=O) groups is 1. The Morgan fingerprint density at radius 2 is 2.06 bits per heavy atom. The summed E-state index contributed by atoms with van der Waals surface area (Å²) in [6.07, 6.45) is 4.28. The molecular weight excluding hydrogens is 428 g/mol. The van der Waals surface area contributed by atoms with E-state index in [-0.39, 0.29) is 33.9 Å². The van der Waals surface area contributed by atoms with Gasteiger partial charge in [-0.1, -0.05) is 24.1 Å². The van der Waals surface area contributed by atoms with Gasteiger partial charge in [0.25, 0.3) is 5.56 Å². The highest BCUT2D eigenvalue weighted by Crippen LogP contribution is 2.52. The Balaban J connectivity index is 1.65. The highest BCUT2D eigenvalue weighted by Gasteiger charge is 2.49. The van der Waals surface area contributed by atoms with Crippen LogP contribution in [0.4, 0.5) is 5.69 Å². The van der Waals surface area contributed by atoms with Gasteiger partial charge in [0.15, 0.2) is 5.69 Å². The summed E-state index contributed by atoms with van der Waals surface area (Å²) in [7, 11) is 0. The number of aromatic nitrogens is 3. The van der Waals surface area contributed by atoms with Crippen LogP contribution in [0.3, 0.4) is 0 Å². The molecule has 0 amide bonds. The minimum absolute atomic E-state index is 0.0119. The molecule has 1 aliphatic carbocycles. The van der Waals surface area contributed by atoms with Gasteiger partial charge in [-0.25, -0.2) is 14.8 Å². The number of anilines is 1. The third kappa shape index (κ3) is 3.10. The number of nitrogens with zero attached hydrogens (tertiary/aromatic N) is 3. The number of nitrogens with one attached hydrogen (secondary N) is 1. The van der Waals surface area contributed by atoms with Crippen molar-refractivity contribution in [2.45, 2.75) is 64.0 Å². The van der Waals surface area contributed by atoms with Crippen LogP contribution in [-0.4, -0.2) is 25.6 Å². The predicted molar refractivity (Wildman–Crippen MR) is 124 cm³/mol. The summed E-state index contributed by atoms with van der Waals surface area (Å²) in [5, 5.41) is 13.5. The van der Waals surface area contributed by atoms with Gasteiger partial charge >= 0.3 is 5.97 Å². The maximum absolute atomic E-state index is 13.5. The Morgan fingerprint density at radius 1 is 1.31 bits per heavy atom. The van der Waals surface area contributed by atoms with Crippen LogP contribution in [0.1, 0.15) is 79.1 Å². The second-order valence-electron chi connectivity index (χ2n) is 9.25. The van der Waals surface area contributed by atoms with Crippen LogP contribution < -0.4 is 10.9 Å². The lowest BCUT2D eigenvalue weighted by molar-refractivity contribution is 0.0691. The molecule has 1 aromatic carbocycles. The fourth-order valence-corrected chi connectivity index (χ4v) is 5.55. The molecular formula is C24H25ClN4O3. The number of fused-ring (bicyclic) bond motifs is 3. The van der Waals surface area contributed by atoms with Crippen molar-refractivity contribution in [1.82, 2.24) is 14.5 Å². The summed E-state index contributed by atoms with van der Waals surface area (Å²) in [6, 6.07) is 6.92. The van der Waals surface area contributed by atoms with E-state index < -0.39 is 5.97 Å². The maximum atomic E-state index is 13.5. The van der Waals surface area contributed by atoms with Crippen molar-refractivity contribution in [3.8, 4) is 0 Å². The van der Waals surface area contributed by atoms with E-state index >= 15 is 0 Å². The third-order valence-corrected chi connectivity index (χ3v) is 7.20. The van der Waals surface area contributed by atoms with Crippen LogP contribution in [-0.2, 0) is 5.41 Å². The molecule has 0 saturated heterocycles. The molecule has 32 heavy (non-hydrogen) atoms. The Morgan fingerprint density at radius 3 is 2.72 bits per heavy atom. The van der Waals surface area contributed by atoms with Gasteiger partial charge < -0.3 is 10.4 Å². The molecule has 1 aliphatic heterocycles. The van der Waals surface area contributed by atoms with Gasteiger partial charge in [0.1, 0.15) is 11.0 Å². The van der Waals surface area contributed by atoms with E-state index in [1.807, 2.05) is 30.5 Å². The molecule has 3 heterocycles. The fourth-order valence-electron chi connectivity index (χ4n) is 5.40. The van der Waals surface area contributed by atoms with Gasteiger partial charge in [-0.3, -0.25) is 9.36 Å². The molecule has 1 spiro atoms. The zero-order chi connectivity index (χ0) is 22.8. The second-order valence-corrected chi connectivity index (χ2v) is 9.64. The summed E-state index contributed by atoms with van der Waals surface area (Å²) in [5.41, 5.74) is 2.76. The van der Waals surface area contributed by atoms with Crippen molar-refractivity contribution in [1.29, 1.82) is 0 Å². The average Bonchev–Trinajstić information content (AvgIpc) is 3.02. The number of carboxylic acid groups (broad SMARTS) is 1. The average molecular weight is 453 g/mol. The molecule has 7 nitrogen and oxygen atoms in total. The van der Waals surface area contributed by atoms with Crippen molar-refractivity contribution in [2.24, 2.45) is 0 Å². The zero-order valence-corrected chi connectivity index (χ0v) is 19.0. The van der Waals surface area contributed by atoms with Crippen LogP contribution in [0.5, 0.6) is 0 Å². The number of benzene rings is 1. The molecule has 0 unspecified atom stereocenters. The lowest BCUT2D eigenvalue weighted by Gasteiger charge is -2.37. The highest BCUT2D eigenvalue weighted by atomic mass is 35.5. The number of hydrogen-bond acceptors (Lipinski definition) is 5. The van der Waals surface area contributed by atoms with Crippen molar-refractivity contribution < 1.29 is 9.90 Å². The van der Waals surface area contributed by atoms with Gasteiger partial charge in [0, 0.05) is 17.0 Å². The standard InChI is InChI=1S/C24H25ClN4O3/c1-12-9-15(14(3)26-17-5-6-18(25)27-20(17)22(31)32)19-16(10-12)21(30)29-13(2)11-24(7-4-8-24)23(29)28-19/h5-6,9-10,13-14,26H,4,7-8,11H2,1-3H3,(H,31,32)/t13-,14+/m0/s1. The molecule has 1 saturated carbocycles. The van der Waals surface area contributed by atoms with Crippen LogP contribution >= 0.6 is 11.6 Å². The number of aryl methyl sites for hydroxylation is 1. The Kier molecular flexibility index (Phi) is 4.78. The van der Waals surface area contributed by atoms with E-state index in [1.165, 1.54) is 6.42 Å². The van der Waals surface area contributed by atoms with E-state index in [9.17, 15) is 14.7 Å². The van der Waals surface area contributed by atoms with E-state index in [1.54, 1.807) is 12.1 Å². The first-order chi connectivity index (χ1) is 15.2. The molecule has 2 aliphatic rings. The smallest absolute Gasteiger partial charge is 0.356 e. The third-order valence-electron chi connectivity index (χ3n) is 6.99. The van der Waals surface area contributed by atoms with Crippen molar-refractivity contribution >= 4 is 34.2 Å². The number of carboxylic acids is 1. The largest absolute Gasteiger partial charge is 0.476 e. The minimum Gasteiger partial charge on any atom is -0.476 e. The van der Waals surface area contributed by atoms with Crippen LogP contribution in [0.15, 0.2) is 29.1 Å². The van der Waals surface area contributed by atoms with E-state index in [2.05, 4.69) is 17.2 Å². The molecule has 0 radical (unpaired) electrons. The minimum atomic E-state index is -1.16. The number of hydrogen-bond donors (Lipinski definition) is 2. The number of aromatic carboxylic acids is 1. The second kappa shape index (κ2) is 7.30. The molecule has 1 fully saturated rings. The molecule has 3 aromatic rings. The molecule has 0 bridgehead atoms. The van der Waals surface area contributed by atoms with Crippen LogP contribution in [0, 0.1) is 6.92 Å². The van der Waals surface area contributed by atoms with Gasteiger partial charge in [0.2, 0.25) is 0 Å². The molecule has 166 valence electrons. The van der Waals surface area contributed by atoms with Gasteiger partial charge in [-0.05, 0) is 63.8 Å². The lowest BCUT2D eigenvalue weighted by Crippen LogP contribution is -2.34. The SMILES string of the molecule is Cc1cc([C@@H](C)Nc2ccc(Cl)nc2C(=O)O)c2nc3n(c(=O)c2c1)[C@@H](C)CC31CCC1. The fraction of sp³-hybridized carbons (Fsp3) is 0.417. The first kappa shape index (κ1) is 20.9. The Bertz CT molecular complexity index is 1330. The molecule has 2 N–H and O–H groups in total. The first-order valence-corrected chi connectivity index (χ1v) is 11.3. The normalized spacial score (nSPS) is 19.6. The maximum Gasteiger partial charge on any atom is 0.356 e. The van der Waals surface area contributed by atoms with Gasteiger partial charge in [-0.15, -0.1) is 0 Å². The van der Waals surface area contributed by atoms with Crippen LogP contribution in [0.2, 0.25) is 5.15 Å². The van der Waals surface area contributed by atoms with E-state index in [0.29, 0.717) is 16.6 Å². The summed E-state index contributed by atoms with van der Waals surface area (Å²) >= 11 is 5.89. The van der Waals surface area contributed by atoms with Gasteiger partial charge in [-0.2, -0.15) is 0 Å². The molecule has 2 aromatic heterocycles. The van der Waals surface area contributed by atoms with Crippen LogP contribution in [0.25, 0.3) is 10.9 Å². The Hall–Kier alpha value is -2.93. The predicted octanol–water partition coefficient (Wildman–Crippen LogP) is 5.01. The monoisotopic (exact) mass is 452 g/mol. The number of rotatable bonds is 4. The zero-order valence-electron chi connectivity index (χ0n) is 18.3. The number of halogens is 1. The van der Waals surface area contributed by atoms with E-state index in [0.717, 1.165) is 36.2 Å². The first-order valence-electron chi connectivity index (χ1n) is 10.9.